The fraction of sp³-hybridized carbons (Fsp3) is 0.917. The normalized spacial score (nSPS) is 13.1. The first-order valence-corrected chi connectivity index (χ1v) is 14.1. The van der Waals surface area contributed by atoms with Crippen LogP contribution in [0.5, 0.6) is 0 Å². The van der Waals surface area contributed by atoms with Crippen LogP contribution in [0.4, 0.5) is 0 Å². The smallest absolute Gasteiger partial charge is 0.325 e. The highest BCUT2D eigenvalue weighted by Gasteiger charge is 2.30. The first-order valence-electron chi connectivity index (χ1n) is 12.4. The number of esters is 1. The van der Waals surface area contributed by atoms with Crippen LogP contribution in [-0.4, -0.2) is 42.9 Å². The average Bonchev–Trinajstić information content (AvgIpc) is 2.66. The van der Waals surface area contributed by atoms with Crippen molar-refractivity contribution in [3.05, 3.63) is 0 Å². The molecule has 0 saturated heterocycles. The molecule has 0 aromatic carbocycles. The van der Waals surface area contributed by atoms with E-state index in [1.54, 1.807) is 20.8 Å². The minimum atomic E-state index is -3.76. The summed E-state index contributed by atoms with van der Waals surface area (Å²) in [5.74, 6) is -2.26. The molecule has 0 aliphatic rings. The second-order valence-corrected chi connectivity index (χ2v) is 11.6. The van der Waals surface area contributed by atoms with Gasteiger partial charge in [0.1, 0.15) is 11.6 Å². The highest BCUT2D eigenvalue weighted by Crippen LogP contribution is 2.14. The topological polar surface area (TPSA) is 110 Å². The van der Waals surface area contributed by atoms with Gasteiger partial charge in [-0.3, -0.25) is 9.59 Å². The second-order valence-electron chi connectivity index (χ2n) is 9.72. The maximum atomic E-state index is 12.3. The summed E-state index contributed by atoms with van der Waals surface area (Å²) in [6, 6.07) is -1.41. The van der Waals surface area contributed by atoms with Crippen molar-refractivity contribution in [1.29, 1.82) is 0 Å². The van der Waals surface area contributed by atoms with Gasteiger partial charge in [0.2, 0.25) is 10.0 Å². The van der Waals surface area contributed by atoms with Gasteiger partial charge in [-0.2, -0.15) is 0 Å². The van der Waals surface area contributed by atoms with Gasteiger partial charge in [-0.05, 0) is 27.2 Å². The number of rotatable bonds is 20. The summed E-state index contributed by atoms with van der Waals surface area (Å²) in [5.41, 5.74) is -0.825. The minimum absolute atomic E-state index is 0.121. The van der Waals surface area contributed by atoms with Crippen LogP contribution in [0, 0.1) is 0 Å². The number of carbonyl (C=O) groups excluding carboxylic acids is 1. The first-order chi connectivity index (χ1) is 15.0. The van der Waals surface area contributed by atoms with E-state index < -0.39 is 40.0 Å². The van der Waals surface area contributed by atoms with Gasteiger partial charge in [0.25, 0.3) is 0 Å². The van der Waals surface area contributed by atoms with E-state index in [2.05, 4.69) is 11.6 Å². The molecule has 0 rings (SSSR count). The van der Waals surface area contributed by atoms with E-state index in [0.29, 0.717) is 6.42 Å². The van der Waals surface area contributed by atoms with Gasteiger partial charge in [-0.1, -0.05) is 90.4 Å². The van der Waals surface area contributed by atoms with Gasteiger partial charge in [-0.25, -0.2) is 13.1 Å². The predicted molar refractivity (Wildman–Crippen MR) is 129 cm³/mol. The lowest BCUT2D eigenvalue weighted by atomic mass is 10.0. The van der Waals surface area contributed by atoms with Crippen LogP contribution in [0.15, 0.2) is 0 Å². The Hall–Kier alpha value is -1.15. The number of hydrogen-bond donors (Lipinski definition) is 2. The number of unbranched alkanes of at least 4 members (excludes halogenated alkanes) is 13. The maximum absolute atomic E-state index is 12.3. The zero-order valence-corrected chi connectivity index (χ0v) is 21.6. The Morgan fingerprint density at radius 1 is 0.812 bits per heavy atom. The van der Waals surface area contributed by atoms with Crippen molar-refractivity contribution in [1.82, 2.24) is 4.72 Å². The molecule has 0 fully saturated rings. The van der Waals surface area contributed by atoms with E-state index in [1.807, 2.05) is 0 Å². The van der Waals surface area contributed by atoms with Gasteiger partial charge >= 0.3 is 11.9 Å². The summed E-state index contributed by atoms with van der Waals surface area (Å²) < 4.78 is 32.0. The van der Waals surface area contributed by atoms with Crippen molar-refractivity contribution < 1.29 is 27.9 Å². The standard InChI is InChI=1S/C24H47NO6S/c1-5-6-7-8-9-10-11-12-13-14-15-16-17-18-19-32(29,30)25-21(20-22(26)27)23(28)31-24(2,3)4/h21,25H,5-20H2,1-4H3,(H,26,27)/t21-/m0/s1. The molecular weight excluding hydrogens is 430 g/mol. The third-order valence-corrected chi connectivity index (χ3v) is 6.63. The number of carboxylic acid groups (broad SMARTS) is 1. The van der Waals surface area contributed by atoms with Crippen LogP contribution in [0.3, 0.4) is 0 Å². The van der Waals surface area contributed by atoms with Gasteiger partial charge in [0.05, 0.1) is 12.2 Å². The summed E-state index contributed by atoms with van der Waals surface area (Å²) in [7, 11) is -3.76. The van der Waals surface area contributed by atoms with Gasteiger partial charge in [0, 0.05) is 0 Å². The van der Waals surface area contributed by atoms with Crippen LogP contribution in [0.1, 0.15) is 124 Å². The number of carboxylic acids is 1. The fourth-order valence-corrected chi connectivity index (χ4v) is 4.80. The van der Waals surface area contributed by atoms with Crippen LogP contribution >= 0.6 is 0 Å². The average molecular weight is 478 g/mol. The van der Waals surface area contributed by atoms with Crippen molar-refractivity contribution in [2.24, 2.45) is 0 Å². The van der Waals surface area contributed by atoms with Crippen molar-refractivity contribution in [3.8, 4) is 0 Å². The molecule has 1 atom stereocenters. The number of hydrogen-bond acceptors (Lipinski definition) is 5. The Bertz CT molecular complexity index is 612. The third-order valence-electron chi connectivity index (χ3n) is 5.16. The molecule has 0 unspecified atom stereocenters. The molecule has 0 heterocycles. The van der Waals surface area contributed by atoms with E-state index in [4.69, 9.17) is 9.84 Å². The molecule has 32 heavy (non-hydrogen) atoms. The molecular formula is C24H47NO6S. The molecule has 0 aromatic rings. The Kier molecular flexibility index (Phi) is 16.7. The molecule has 8 heteroatoms. The number of nitrogens with one attached hydrogen (secondary N) is 1. The Morgan fingerprint density at radius 2 is 1.22 bits per heavy atom. The van der Waals surface area contributed by atoms with Crippen LogP contribution < -0.4 is 4.72 Å². The molecule has 2 N–H and O–H groups in total. The molecule has 0 bridgehead atoms. The quantitative estimate of drug-likeness (QED) is 0.175. The van der Waals surface area contributed by atoms with E-state index in [9.17, 15) is 18.0 Å². The molecule has 0 saturated carbocycles. The molecule has 0 spiro atoms. The Labute approximate surface area is 196 Å². The van der Waals surface area contributed by atoms with Crippen LogP contribution in [0.25, 0.3) is 0 Å². The van der Waals surface area contributed by atoms with Crippen LogP contribution in [0.2, 0.25) is 0 Å². The number of carbonyl (C=O) groups is 2. The van der Waals surface area contributed by atoms with Gasteiger partial charge < -0.3 is 9.84 Å². The summed E-state index contributed by atoms with van der Waals surface area (Å²) in [4.78, 5) is 23.2. The fourth-order valence-electron chi connectivity index (χ4n) is 3.48. The lowest BCUT2D eigenvalue weighted by Crippen LogP contribution is -2.46. The van der Waals surface area contributed by atoms with Crippen molar-refractivity contribution in [3.63, 3.8) is 0 Å². The summed E-state index contributed by atoms with van der Waals surface area (Å²) in [6.07, 6.45) is 15.8. The molecule has 0 aromatic heterocycles. The largest absolute Gasteiger partial charge is 0.481 e. The third kappa shape index (κ3) is 19.5. The van der Waals surface area contributed by atoms with Crippen molar-refractivity contribution >= 4 is 22.0 Å². The zero-order chi connectivity index (χ0) is 24.5. The lowest BCUT2D eigenvalue weighted by Gasteiger charge is -2.23. The lowest BCUT2D eigenvalue weighted by molar-refractivity contribution is -0.159. The SMILES string of the molecule is CCCCCCCCCCCCCCCCS(=O)(=O)N[C@@H](CC(=O)O)C(=O)OC(C)(C)C. The highest BCUT2D eigenvalue weighted by atomic mass is 32.2. The predicted octanol–water partition coefficient (Wildman–Crippen LogP) is 5.57. The summed E-state index contributed by atoms with van der Waals surface area (Å²) in [6.45, 7) is 7.17. The minimum Gasteiger partial charge on any atom is -0.481 e. The van der Waals surface area contributed by atoms with Gasteiger partial charge in [-0.15, -0.1) is 0 Å². The molecule has 0 radical (unpaired) electrons. The first kappa shape index (κ1) is 30.9. The highest BCUT2D eigenvalue weighted by molar-refractivity contribution is 7.89. The maximum Gasteiger partial charge on any atom is 0.325 e. The number of aliphatic carboxylic acids is 1. The molecule has 0 aliphatic carbocycles. The van der Waals surface area contributed by atoms with E-state index in [1.165, 1.54) is 64.2 Å². The van der Waals surface area contributed by atoms with E-state index in [0.717, 1.165) is 19.3 Å². The zero-order valence-electron chi connectivity index (χ0n) is 20.8. The molecule has 190 valence electrons. The monoisotopic (exact) mass is 477 g/mol. The molecule has 7 nitrogen and oxygen atoms in total. The Morgan fingerprint density at radius 3 is 1.59 bits per heavy atom. The molecule has 0 aliphatic heterocycles. The van der Waals surface area contributed by atoms with E-state index >= 15 is 0 Å². The van der Waals surface area contributed by atoms with Gasteiger partial charge in [0.15, 0.2) is 0 Å². The van der Waals surface area contributed by atoms with Crippen molar-refractivity contribution in [2.45, 2.75) is 136 Å². The van der Waals surface area contributed by atoms with E-state index in [-0.39, 0.29) is 5.75 Å². The number of ether oxygens (including phenoxy) is 1. The van der Waals surface area contributed by atoms with Crippen molar-refractivity contribution in [2.75, 3.05) is 5.75 Å². The number of sulfonamides is 1. The molecule has 0 amide bonds. The summed E-state index contributed by atoms with van der Waals surface area (Å²) >= 11 is 0. The second kappa shape index (κ2) is 17.3. The van der Waals surface area contributed by atoms with Crippen LogP contribution in [-0.2, 0) is 24.3 Å². The summed E-state index contributed by atoms with van der Waals surface area (Å²) in [5, 5.41) is 8.99. The Balaban J connectivity index is 3.98.